The lowest BCUT2D eigenvalue weighted by molar-refractivity contribution is 0.314. The number of hydrogen-bond donors (Lipinski definition) is 3. The van der Waals surface area contributed by atoms with E-state index >= 15 is 0 Å². The number of benzene rings is 1. The molecular formula is C14H20FN3O. The van der Waals surface area contributed by atoms with Crippen molar-refractivity contribution >= 4 is 5.84 Å². The van der Waals surface area contributed by atoms with Crippen LogP contribution < -0.4 is 11.1 Å². The molecule has 1 aromatic rings. The van der Waals surface area contributed by atoms with E-state index in [-0.39, 0.29) is 11.2 Å². The summed E-state index contributed by atoms with van der Waals surface area (Å²) in [7, 11) is 0. The molecule has 0 radical (unpaired) electrons. The molecule has 4 N–H and O–H groups in total. The van der Waals surface area contributed by atoms with E-state index in [0.29, 0.717) is 12.3 Å². The fourth-order valence-corrected chi connectivity index (χ4v) is 2.25. The number of nitrogens with two attached hydrogens (primary N) is 1. The molecule has 0 bridgehead atoms. The molecule has 104 valence electrons. The topological polar surface area (TPSA) is 70.6 Å². The number of halogens is 1. The van der Waals surface area contributed by atoms with E-state index in [1.165, 1.54) is 12.1 Å². The van der Waals surface area contributed by atoms with Crippen LogP contribution in [0.3, 0.4) is 0 Å². The lowest BCUT2D eigenvalue weighted by atomic mass is 10.0. The van der Waals surface area contributed by atoms with Gasteiger partial charge in [-0.3, -0.25) is 0 Å². The quantitative estimate of drug-likeness (QED) is 0.232. The minimum absolute atomic E-state index is 0.180. The summed E-state index contributed by atoms with van der Waals surface area (Å²) < 4.78 is 12.7. The Hall–Kier alpha value is -1.62. The predicted molar refractivity (Wildman–Crippen MR) is 72.7 cm³/mol. The fourth-order valence-electron chi connectivity index (χ4n) is 2.25. The van der Waals surface area contributed by atoms with Crippen molar-refractivity contribution in [3.8, 4) is 0 Å². The van der Waals surface area contributed by atoms with Crippen LogP contribution in [0.2, 0.25) is 0 Å². The number of oxime groups is 1. The Labute approximate surface area is 112 Å². The van der Waals surface area contributed by atoms with Gasteiger partial charge in [0.2, 0.25) is 0 Å². The highest BCUT2D eigenvalue weighted by molar-refractivity contribution is 5.80. The van der Waals surface area contributed by atoms with Gasteiger partial charge in [0, 0.05) is 13.0 Å². The van der Waals surface area contributed by atoms with Gasteiger partial charge in [0.25, 0.3) is 0 Å². The van der Waals surface area contributed by atoms with Crippen molar-refractivity contribution in [1.29, 1.82) is 0 Å². The molecule has 19 heavy (non-hydrogen) atoms. The number of nitrogens with one attached hydrogen (secondary N) is 1. The molecule has 0 aromatic heterocycles. The smallest absolute Gasteiger partial charge is 0.139 e. The molecular weight excluding hydrogens is 245 g/mol. The van der Waals surface area contributed by atoms with Gasteiger partial charge in [-0.25, -0.2) is 4.39 Å². The maximum absolute atomic E-state index is 12.7. The molecule has 0 spiro atoms. The zero-order chi connectivity index (χ0) is 13.7. The first kappa shape index (κ1) is 13.8. The van der Waals surface area contributed by atoms with Gasteiger partial charge in [-0.1, -0.05) is 17.3 Å². The number of rotatable bonds is 7. The van der Waals surface area contributed by atoms with Crippen LogP contribution in [-0.2, 0) is 6.42 Å². The molecule has 2 rings (SSSR count). The van der Waals surface area contributed by atoms with E-state index in [1.54, 1.807) is 12.1 Å². The van der Waals surface area contributed by atoms with Crippen LogP contribution >= 0.6 is 0 Å². The Morgan fingerprint density at radius 1 is 1.37 bits per heavy atom. The Bertz CT molecular complexity index is 441. The number of hydrogen-bond acceptors (Lipinski definition) is 3. The first-order valence-corrected chi connectivity index (χ1v) is 6.55. The van der Waals surface area contributed by atoms with Crippen molar-refractivity contribution in [3.63, 3.8) is 0 Å². The highest BCUT2D eigenvalue weighted by Gasteiger charge is 2.42. The molecule has 0 unspecified atom stereocenters. The van der Waals surface area contributed by atoms with E-state index in [9.17, 15) is 4.39 Å². The standard InChI is InChI=1S/C14H20FN3O/c15-12-3-1-11(2-4-12)5-8-17-10-14(6-7-14)9-13(16)18-19/h1-4,17,19H,5-10H2,(H2,16,18). The highest BCUT2D eigenvalue weighted by atomic mass is 19.1. The monoisotopic (exact) mass is 265 g/mol. The van der Waals surface area contributed by atoms with Crippen molar-refractivity contribution in [3.05, 3.63) is 35.6 Å². The van der Waals surface area contributed by atoms with Crippen molar-refractivity contribution in [1.82, 2.24) is 5.32 Å². The second-order valence-electron chi connectivity index (χ2n) is 5.32. The molecule has 0 heterocycles. The average molecular weight is 265 g/mol. The van der Waals surface area contributed by atoms with Crippen molar-refractivity contribution in [2.24, 2.45) is 16.3 Å². The molecule has 1 fully saturated rings. The van der Waals surface area contributed by atoms with Crippen LogP contribution in [0.25, 0.3) is 0 Å². The summed E-state index contributed by atoms with van der Waals surface area (Å²) in [5.41, 5.74) is 6.85. The third-order valence-corrected chi connectivity index (χ3v) is 3.65. The van der Waals surface area contributed by atoms with Crippen LogP contribution in [0.1, 0.15) is 24.8 Å². The maximum atomic E-state index is 12.7. The molecule has 1 aliphatic carbocycles. The third-order valence-electron chi connectivity index (χ3n) is 3.65. The molecule has 0 atom stereocenters. The van der Waals surface area contributed by atoms with Crippen molar-refractivity contribution in [2.75, 3.05) is 13.1 Å². The first-order valence-electron chi connectivity index (χ1n) is 6.55. The van der Waals surface area contributed by atoms with Crippen molar-refractivity contribution < 1.29 is 9.60 Å². The van der Waals surface area contributed by atoms with Gasteiger partial charge in [-0.15, -0.1) is 0 Å². The molecule has 1 aliphatic rings. The van der Waals surface area contributed by atoms with E-state index in [2.05, 4.69) is 10.5 Å². The second kappa shape index (κ2) is 6.02. The number of amidine groups is 1. The van der Waals surface area contributed by atoms with Crippen LogP contribution in [0.4, 0.5) is 4.39 Å². The Morgan fingerprint density at radius 3 is 2.63 bits per heavy atom. The van der Waals surface area contributed by atoms with Crippen LogP contribution in [-0.4, -0.2) is 24.1 Å². The summed E-state index contributed by atoms with van der Waals surface area (Å²) >= 11 is 0. The predicted octanol–water partition coefficient (Wildman–Crippen LogP) is 1.87. The normalized spacial score (nSPS) is 17.4. The van der Waals surface area contributed by atoms with Gasteiger partial charge < -0.3 is 16.3 Å². The maximum Gasteiger partial charge on any atom is 0.139 e. The van der Waals surface area contributed by atoms with Crippen LogP contribution in [0, 0.1) is 11.2 Å². The minimum atomic E-state index is -0.201. The molecule has 1 aromatic carbocycles. The van der Waals surface area contributed by atoms with Gasteiger partial charge in [0.05, 0.1) is 0 Å². The Balaban J connectivity index is 1.68. The van der Waals surface area contributed by atoms with Gasteiger partial charge in [-0.2, -0.15) is 0 Å². The largest absolute Gasteiger partial charge is 0.409 e. The molecule has 0 aliphatic heterocycles. The Morgan fingerprint density at radius 2 is 2.05 bits per heavy atom. The van der Waals surface area contributed by atoms with E-state index < -0.39 is 0 Å². The molecule has 0 saturated heterocycles. The minimum Gasteiger partial charge on any atom is -0.409 e. The Kier molecular flexibility index (Phi) is 4.37. The molecule has 1 saturated carbocycles. The fraction of sp³-hybridized carbons (Fsp3) is 0.500. The molecule has 5 heteroatoms. The van der Waals surface area contributed by atoms with E-state index in [1.807, 2.05) is 0 Å². The summed E-state index contributed by atoms with van der Waals surface area (Å²) in [4.78, 5) is 0. The summed E-state index contributed by atoms with van der Waals surface area (Å²) in [6, 6.07) is 6.58. The number of nitrogens with zero attached hydrogens (tertiary/aromatic N) is 1. The van der Waals surface area contributed by atoms with Gasteiger partial charge >= 0.3 is 0 Å². The second-order valence-corrected chi connectivity index (χ2v) is 5.32. The first-order chi connectivity index (χ1) is 9.13. The SMILES string of the molecule is NC(CC1(CNCCc2ccc(F)cc2)CC1)=NO. The summed E-state index contributed by atoms with van der Waals surface area (Å²) in [5, 5.41) is 15.0. The van der Waals surface area contributed by atoms with Crippen LogP contribution in [0.5, 0.6) is 0 Å². The zero-order valence-electron chi connectivity index (χ0n) is 10.9. The van der Waals surface area contributed by atoms with E-state index in [4.69, 9.17) is 10.9 Å². The highest BCUT2D eigenvalue weighted by Crippen LogP contribution is 2.48. The van der Waals surface area contributed by atoms with Gasteiger partial charge in [-0.05, 0) is 48.9 Å². The van der Waals surface area contributed by atoms with Gasteiger partial charge in [0.1, 0.15) is 11.7 Å². The lowest BCUT2D eigenvalue weighted by Gasteiger charge is -2.15. The summed E-state index contributed by atoms with van der Waals surface area (Å²) in [6.45, 7) is 1.73. The lowest BCUT2D eigenvalue weighted by Crippen LogP contribution is -2.29. The molecule has 0 amide bonds. The van der Waals surface area contributed by atoms with Gasteiger partial charge in [0.15, 0.2) is 0 Å². The average Bonchev–Trinajstić information content (AvgIpc) is 3.17. The van der Waals surface area contributed by atoms with Crippen molar-refractivity contribution in [2.45, 2.75) is 25.7 Å². The molecule has 4 nitrogen and oxygen atoms in total. The summed E-state index contributed by atoms with van der Waals surface area (Å²) in [6.07, 6.45) is 3.76. The zero-order valence-corrected chi connectivity index (χ0v) is 10.9. The summed E-state index contributed by atoms with van der Waals surface area (Å²) in [5.74, 6) is 0.102. The van der Waals surface area contributed by atoms with Crippen LogP contribution in [0.15, 0.2) is 29.4 Å². The van der Waals surface area contributed by atoms with E-state index in [0.717, 1.165) is 37.9 Å². The third kappa shape index (κ3) is 4.21.